The monoisotopic (exact) mass is 252 g/mol. The van der Waals surface area contributed by atoms with Gasteiger partial charge in [0, 0.05) is 6.61 Å². The number of benzene rings is 1. The average Bonchev–Trinajstić information content (AvgIpc) is 2.42. The molecule has 0 unspecified atom stereocenters. The number of carbonyl (C=O) groups excluding carboxylic acids is 2. The molecule has 0 aliphatic heterocycles. The summed E-state index contributed by atoms with van der Waals surface area (Å²) in [5.74, 6) is -0.877. The van der Waals surface area contributed by atoms with Crippen molar-refractivity contribution in [1.82, 2.24) is 0 Å². The molecule has 0 radical (unpaired) electrons. The Balaban J connectivity index is 2.51. The molecule has 5 nitrogen and oxygen atoms in total. The van der Waals surface area contributed by atoms with Crippen molar-refractivity contribution in [1.29, 1.82) is 0 Å². The van der Waals surface area contributed by atoms with E-state index in [1.54, 1.807) is 0 Å². The van der Waals surface area contributed by atoms with E-state index in [9.17, 15) is 9.59 Å². The molecule has 0 aromatic heterocycles. The molecule has 0 amide bonds. The van der Waals surface area contributed by atoms with Crippen LogP contribution < -0.4 is 0 Å². The van der Waals surface area contributed by atoms with Crippen molar-refractivity contribution >= 4 is 11.9 Å². The van der Waals surface area contributed by atoms with Crippen LogP contribution in [0, 0.1) is 0 Å². The van der Waals surface area contributed by atoms with Crippen LogP contribution in [0.5, 0.6) is 0 Å². The van der Waals surface area contributed by atoms with E-state index in [1.165, 1.54) is 31.4 Å². The highest BCUT2D eigenvalue weighted by atomic mass is 16.6. The maximum atomic E-state index is 11.6. The molecule has 1 rings (SSSR count). The van der Waals surface area contributed by atoms with Gasteiger partial charge in [0.15, 0.2) is 0 Å². The van der Waals surface area contributed by atoms with Crippen molar-refractivity contribution in [2.24, 2.45) is 0 Å². The van der Waals surface area contributed by atoms with E-state index < -0.39 is 11.9 Å². The van der Waals surface area contributed by atoms with Gasteiger partial charge in [0.2, 0.25) is 0 Å². The number of carbonyl (C=O) groups is 2. The Kier molecular flexibility index (Phi) is 5.87. The van der Waals surface area contributed by atoms with Crippen LogP contribution >= 0.6 is 0 Å². The highest BCUT2D eigenvalue weighted by Gasteiger charge is 2.09. The van der Waals surface area contributed by atoms with Crippen LogP contribution in [-0.2, 0) is 14.2 Å². The third-order valence-electron chi connectivity index (χ3n) is 2.21. The van der Waals surface area contributed by atoms with Crippen LogP contribution in [0.1, 0.15) is 27.6 Å². The topological polar surface area (TPSA) is 61.8 Å². The van der Waals surface area contributed by atoms with Gasteiger partial charge in [-0.05, 0) is 31.2 Å². The van der Waals surface area contributed by atoms with Gasteiger partial charge in [-0.1, -0.05) is 0 Å². The summed E-state index contributed by atoms with van der Waals surface area (Å²) in [4.78, 5) is 22.7. The highest BCUT2D eigenvalue weighted by molar-refractivity contribution is 5.93. The molecule has 0 N–H and O–H groups in total. The van der Waals surface area contributed by atoms with Crippen LogP contribution in [0.15, 0.2) is 24.3 Å². The molecular weight excluding hydrogens is 236 g/mol. The molecule has 98 valence electrons. The van der Waals surface area contributed by atoms with Crippen LogP contribution in [0.2, 0.25) is 0 Å². The summed E-state index contributed by atoms with van der Waals surface area (Å²) in [6.45, 7) is 3.05. The second-order valence-corrected chi connectivity index (χ2v) is 3.40. The third-order valence-corrected chi connectivity index (χ3v) is 2.21. The van der Waals surface area contributed by atoms with Crippen molar-refractivity contribution in [2.75, 3.05) is 26.9 Å². The smallest absolute Gasteiger partial charge is 0.338 e. The van der Waals surface area contributed by atoms with E-state index in [-0.39, 0.29) is 6.61 Å². The minimum atomic E-state index is -0.439. The Labute approximate surface area is 106 Å². The molecular formula is C13H16O5. The van der Waals surface area contributed by atoms with Crippen LogP contribution in [0.4, 0.5) is 0 Å². The van der Waals surface area contributed by atoms with Crippen LogP contribution in [0.3, 0.4) is 0 Å². The van der Waals surface area contributed by atoms with Gasteiger partial charge in [-0.15, -0.1) is 0 Å². The third kappa shape index (κ3) is 4.18. The first-order valence-electron chi connectivity index (χ1n) is 5.62. The van der Waals surface area contributed by atoms with Crippen molar-refractivity contribution < 1.29 is 23.8 Å². The summed E-state index contributed by atoms with van der Waals surface area (Å²) in [5.41, 5.74) is 0.780. The lowest BCUT2D eigenvalue weighted by Crippen LogP contribution is -2.11. The summed E-state index contributed by atoms with van der Waals surface area (Å²) >= 11 is 0. The zero-order valence-corrected chi connectivity index (χ0v) is 10.5. The van der Waals surface area contributed by atoms with E-state index in [4.69, 9.17) is 9.47 Å². The second-order valence-electron chi connectivity index (χ2n) is 3.40. The number of esters is 2. The Bertz CT molecular complexity index is 396. The van der Waals surface area contributed by atoms with Gasteiger partial charge >= 0.3 is 11.9 Å². The first-order valence-corrected chi connectivity index (χ1v) is 5.62. The molecule has 1 aromatic rings. The number of hydrogen-bond donors (Lipinski definition) is 0. The number of hydrogen-bond acceptors (Lipinski definition) is 5. The van der Waals surface area contributed by atoms with Crippen molar-refractivity contribution in [3.05, 3.63) is 35.4 Å². The molecule has 0 aliphatic carbocycles. The molecule has 1 aromatic carbocycles. The predicted molar refractivity (Wildman–Crippen MR) is 64.6 cm³/mol. The Morgan fingerprint density at radius 1 is 1.00 bits per heavy atom. The standard InChI is InChI=1S/C13H16O5/c1-3-17-8-9-18-13(15)11-6-4-10(5-7-11)12(14)16-2/h4-7H,3,8-9H2,1-2H3. The first kappa shape index (κ1) is 14.2. The van der Waals surface area contributed by atoms with E-state index in [2.05, 4.69) is 4.74 Å². The maximum absolute atomic E-state index is 11.6. The lowest BCUT2D eigenvalue weighted by molar-refractivity contribution is 0.0335. The molecule has 0 fully saturated rings. The summed E-state index contributed by atoms with van der Waals surface area (Å²) in [7, 11) is 1.30. The van der Waals surface area contributed by atoms with Gasteiger partial charge < -0.3 is 14.2 Å². The zero-order valence-electron chi connectivity index (χ0n) is 10.5. The number of ether oxygens (including phenoxy) is 3. The van der Waals surface area contributed by atoms with E-state index in [0.717, 1.165) is 0 Å². The zero-order chi connectivity index (χ0) is 13.4. The molecule has 0 heterocycles. The molecule has 0 saturated carbocycles. The summed E-state index contributed by atoms with van der Waals surface area (Å²) < 4.78 is 14.6. The average molecular weight is 252 g/mol. The lowest BCUT2D eigenvalue weighted by atomic mass is 10.1. The lowest BCUT2D eigenvalue weighted by Gasteiger charge is -2.05. The van der Waals surface area contributed by atoms with E-state index in [1.807, 2.05) is 6.92 Å². The van der Waals surface area contributed by atoms with Crippen LogP contribution in [0.25, 0.3) is 0 Å². The molecule has 0 spiro atoms. The molecule has 0 saturated heterocycles. The van der Waals surface area contributed by atoms with Crippen molar-refractivity contribution in [2.45, 2.75) is 6.92 Å². The quantitative estimate of drug-likeness (QED) is 0.569. The second kappa shape index (κ2) is 7.45. The predicted octanol–water partition coefficient (Wildman–Crippen LogP) is 1.67. The Morgan fingerprint density at radius 2 is 1.56 bits per heavy atom. The fourth-order valence-corrected chi connectivity index (χ4v) is 1.28. The first-order chi connectivity index (χ1) is 8.69. The summed E-state index contributed by atoms with van der Waals surface area (Å²) in [5, 5.41) is 0. The van der Waals surface area contributed by atoms with E-state index in [0.29, 0.717) is 24.3 Å². The number of rotatable bonds is 6. The molecule has 0 bridgehead atoms. The summed E-state index contributed by atoms with van der Waals surface area (Å²) in [6.07, 6.45) is 0. The van der Waals surface area contributed by atoms with Crippen LogP contribution in [-0.4, -0.2) is 38.9 Å². The van der Waals surface area contributed by atoms with Gasteiger partial charge in [0.05, 0.1) is 24.8 Å². The fourth-order valence-electron chi connectivity index (χ4n) is 1.28. The summed E-state index contributed by atoms with van der Waals surface area (Å²) in [6, 6.07) is 6.08. The molecule has 0 atom stereocenters. The Morgan fingerprint density at radius 3 is 2.06 bits per heavy atom. The molecule has 18 heavy (non-hydrogen) atoms. The van der Waals surface area contributed by atoms with Gasteiger partial charge in [0.25, 0.3) is 0 Å². The minimum absolute atomic E-state index is 0.214. The van der Waals surface area contributed by atoms with Crippen molar-refractivity contribution in [3.63, 3.8) is 0 Å². The van der Waals surface area contributed by atoms with Gasteiger partial charge in [-0.3, -0.25) is 0 Å². The SMILES string of the molecule is CCOCCOC(=O)c1ccc(C(=O)OC)cc1. The molecule has 5 heteroatoms. The van der Waals surface area contributed by atoms with Gasteiger partial charge in [0.1, 0.15) is 6.61 Å². The van der Waals surface area contributed by atoms with Gasteiger partial charge in [-0.25, -0.2) is 9.59 Å². The normalized spacial score (nSPS) is 9.89. The van der Waals surface area contributed by atoms with Gasteiger partial charge in [-0.2, -0.15) is 0 Å². The molecule has 0 aliphatic rings. The Hall–Kier alpha value is -1.88. The largest absolute Gasteiger partial charge is 0.465 e. The van der Waals surface area contributed by atoms with E-state index >= 15 is 0 Å². The number of methoxy groups -OCH3 is 1. The highest BCUT2D eigenvalue weighted by Crippen LogP contribution is 2.07. The minimum Gasteiger partial charge on any atom is -0.465 e. The van der Waals surface area contributed by atoms with Crippen molar-refractivity contribution in [3.8, 4) is 0 Å². The maximum Gasteiger partial charge on any atom is 0.338 e. The fraction of sp³-hybridized carbons (Fsp3) is 0.385.